The van der Waals surface area contributed by atoms with Crippen LogP contribution in [0, 0.1) is 17.7 Å². The second-order valence-electron chi connectivity index (χ2n) is 7.96. The number of nitrogens with two attached hydrogens (primary N) is 1. The lowest BCUT2D eigenvalue weighted by molar-refractivity contribution is -0.141. The third-order valence-electron chi connectivity index (χ3n) is 6.06. The van der Waals surface area contributed by atoms with E-state index in [0.717, 1.165) is 44.1 Å². The van der Waals surface area contributed by atoms with Crippen molar-refractivity contribution in [1.82, 2.24) is 4.90 Å². The van der Waals surface area contributed by atoms with Crippen LogP contribution in [-0.2, 0) is 4.79 Å². The summed E-state index contributed by atoms with van der Waals surface area (Å²) in [5.41, 5.74) is 6.72. The number of aliphatic hydroxyl groups is 1. The lowest BCUT2D eigenvalue weighted by atomic mass is 9.73. The van der Waals surface area contributed by atoms with Gasteiger partial charge in [0.2, 0.25) is 5.91 Å². The van der Waals surface area contributed by atoms with E-state index in [-0.39, 0.29) is 23.6 Å². The summed E-state index contributed by atoms with van der Waals surface area (Å²) >= 11 is 0. The van der Waals surface area contributed by atoms with Gasteiger partial charge in [-0.2, -0.15) is 0 Å². The molecule has 1 saturated carbocycles. The number of amides is 1. The minimum absolute atomic E-state index is 0.0835. The van der Waals surface area contributed by atoms with Crippen molar-refractivity contribution < 1.29 is 14.3 Å². The molecule has 1 aliphatic carbocycles. The highest BCUT2D eigenvalue weighted by molar-refractivity contribution is 5.80. The van der Waals surface area contributed by atoms with Crippen molar-refractivity contribution in [2.45, 2.75) is 57.1 Å². The van der Waals surface area contributed by atoms with E-state index in [9.17, 15) is 14.3 Å². The van der Waals surface area contributed by atoms with E-state index >= 15 is 0 Å². The minimum atomic E-state index is -0.604. The van der Waals surface area contributed by atoms with Gasteiger partial charge in [-0.05, 0) is 56.2 Å². The highest BCUT2D eigenvalue weighted by Crippen LogP contribution is 2.35. The number of rotatable bonds is 3. The van der Waals surface area contributed by atoms with Crippen LogP contribution in [0.4, 0.5) is 4.39 Å². The molecule has 1 aliphatic heterocycles. The highest BCUT2D eigenvalue weighted by Gasteiger charge is 2.40. The Kier molecular flexibility index (Phi) is 5.44. The molecule has 2 fully saturated rings. The number of halogens is 1. The molecule has 25 heavy (non-hydrogen) atoms. The van der Waals surface area contributed by atoms with Crippen LogP contribution < -0.4 is 5.73 Å². The number of likely N-dealkylation sites (tertiary alicyclic amines) is 1. The molecule has 3 rings (SSSR count). The lowest BCUT2D eigenvalue weighted by Crippen LogP contribution is -2.55. The van der Waals surface area contributed by atoms with Crippen molar-refractivity contribution in [3.63, 3.8) is 0 Å². The average Bonchev–Trinajstić information content (AvgIpc) is 2.61. The third kappa shape index (κ3) is 4.04. The van der Waals surface area contributed by atoms with Gasteiger partial charge in [0.25, 0.3) is 0 Å². The van der Waals surface area contributed by atoms with Gasteiger partial charge in [-0.15, -0.1) is 0 Å². The summed E-state index contributed by atoms with van der Waals surface area (Å²) in [6, 6.07) is 6.03. The van der Waals surface area contributed by atoms with Crippen LogP contribution in [0.15, 0.2) is 24.3 Å². The number of carbonyl (C=O) groups excluding carboxylic acids is 1. The molecule has 1 aromatic carbocycles. The SMILES string of the molecule is CC1(N)CCCCC1C(=O)N1CCC(C(O)c2ccc(F)cc2)CC1. The van der Waals surface area contributed by atoms with Crippen molar-refractivity contribution >= 4 is 5.91 Å². The van der Waals surface area contributed by atoms with Crippen molar-refractivity contribution in [3.05, 3.63) is 35.6 Å². The zero-order valence-electron chi connectivity index (χ0n) is 15.0. The van der Waals surface area contributed by atoms with Gasteiger partial charge < -0.3 is 15.7 Å². The first-order valence-electron chi connectivity index (χ1n) is 9.40. The van der Waals surface area contributed by atoms with Gasteiger partial charge in [0.1, 0.15) is 5.82 Å². The molecule has 138 valence electrons. The maximum Gasteiger partial charge on any atom is 0.227 e. The largest absolute Gasteiger partial charge is 0.388 e. The Balaban J connectivity index is 1.58. The van der Waals surface area contributed by atoms with Gasteiger partial charge in [0, 0.05) is 18.6 Å². The molecular formula is C20H29FN2O2. The summed E-state index contributed by atoms with van der Waals surface area (Å²) in [5, 5.41) is 10.5. The van der Waals surface area contributed by atoms with Gasteiger partial charge in [0.15, 0.2) is 0 Å². The summed E-state index contributed by atoms with van der Waals surface area (Å²) in [5.74, 6) is -0.0990. The molecule has 1 amide bonds. The van der Waals surface area contributed by atoms with E-state index in [0.29, 0.717) is 13.1 Å². The van der Waals surface area contributed by atoms with E-state index < -0.39 is 11.6 Å². The lowest BCUT2D eigenvalue weighted by Gasteiger charge is -2.42. The van der Waals surface area contributed by atoms with Crippen LogP contribution in [0.2, 0.25) is 0 Å². The number of aliphatic hydroxyl groups excluding tert-OH is 1. The van der Waals surface area contributed by atoms with Crippen LogP contribution in [0.5, 0.6) is 0 Å². The Morgan fingerprint density at radius 1 is 1.24 bits per heavy atom. The molecule has 2 aliphatic rings. The summed E-state index contributed by atoms with van der Waals surface area (Å²) in [7, 11) is 0. The fraction of sp³-hybridized carbons (Fsp3) is 0.650. The molecule has 0 radical (unpaired) electrons. The fourth-order valence-electron chi connectivity index (χ4n) is 4.35. The van der Waals surface area contributed by atoms with E-state index in [1.54, 1.807) is 12.1 Å². The zero-order chi connectivity index (χ0) is 18.0. The Labute approximate surface area is 149 Å². The van der Waals surface area contributed by atoms with E-state index in [1.165, 1.54) is 12.1 Å². The first kappa shape index (κ1) is 18.3. The number of carbonyl (C=O) groups is 1. The zero-order valence-corrected chi connectivity index (χ0v) is 15.0. The van der Waals surface area contributed by atoms with Crippen molar-refractivity contribution in [2.24, 2.45) is 17.6 Å². The molecule has 4 nitrogen and oxygen atoms in total. The average molecular weight is 348 g/mol. The van der Waals surface area contributed by atoms with Gasteiger partial charge in [-0.3, -0.25) is 4.79 Å². The molecule has 1 saturated heterocycles. The number of piperidine rings is 1. The van der Waals surface area contributed by atoms with Crippen molar-refractivity contribution in [3.8, 4) is 0 Å². The summed E-state index contributed by atoms with van der Waals surface area (Å²) in [4.78, 5) is 14.8. The third-order valence-corrected chi connectivity index (χ3v) is 6.06. The molecular weight excluding hydrogens is 319 g/mol. The topological polar surface area (TPSA) is 66.6 Å². The van der Waals surface area contributed by atoms with Gasteiger partial charge in [-0.25, -0.2) is 4.39 Å². The van der Waals surface area contributed by atoms with Crippen LogP contribution in [0.25, 0.3) is 0 Å². The highest BCUT2D eigenvalue weighted by atomic mass is 19.1. The predicted octanol–water partition coefficient (Wildman–Crippen LogP) is 3.01. The molecule has 3 atom stereocenters. The second kappa shape index (κ2) is 7.42. The molecule has 0 aromatic heterocycles. The molecule has 0 bridgehead atoms. The summed E-state index contributed by atoms with van der Waals surface area (Å²) < 4.78 is 13.0. The predicted molar refractivity (Wildman–Crippen MR) is 95.2 cm³/mol. The molecule has 1 heterocycles. The second-order valence-corrected chi connectivity index (χ2v) is 7.96. The Morgan fingerprint density at radius 2 is 1.88 bits per heavy atom. The van der Waals surface area contributed by atoms with Crippen LogP contribution >= 0.6 is 0 Å². The maximum atomic E-state index is 13.0. The first-order chi connectivity index (χ1) is 11.9. The maximum absolute atomic E-state index is 13.0. The van der Waals surface area contributed by atoms with Gasteiger partial charge in [0.05, 0.1) is 12.0 Å². The van der Waals surface area contributed by atoms with E-state index in [4.69, 9.17) is 5.73 Å². The molecule has 3 N–H and O–H groups in total. The van der Waals surface area contributed by atoms with Crippen LogP contribution in [0.1, 0.15) is 57.1 Å². The van der Waals surface area contributed by atoms with Crippen LogP contribution in [-0.4, -0.2) is 34.5 Å². The summed E-state index contributed by atoms with van der Waals surface area (Å²) in [6.45, 7) is 3.32. The monoisotopic (exact) mass is 348 g/mol. The number of hydrogen-bond acceptors (Lipinski definition) is 3. The smallest absolute Gasteiger partial charge is 0.227 e. The Hall–Kier alpha value is -1.46. The summed E-state index contributed by atoms with van der Waals surface area (Å²) in [6.07, 6.45) is 4.88. The molecule has 0 spiro atoms. The van der Waals surface area contributed by atoms with Crippen molar-refractivity contribution in [2.75, 3.05) is 13.1 Å². The number of benzene rings is 1. The van der Waals surface area contributed by atoms with Gasteiger partial charge in [-0.1, -0.05) is 25.0 Å². The Morgan fingerprint density at radius 3 is 2.48 bits per heavy atom. The normalized spacial score (nSPS) is 29.4. The van der Waals surface area contributed by atoms with E-state index in [2.05, 4.69) is 0 Å². The molecule has 1 aromatic rings. The fourth-order valence-corrected chi connectivity index (χ4v) is 4.35. The minimum Gasteiger partial charge on any atom is -0.388 e. The van der Waals surface area contributed by atoms with Gasteiger partial charge >= 0.3 is 0 Å². The standard InChI is InChI=1S/C20H29FN2O2/c1-20(22)11-3-2-4-17(20)19(25)23-12-9-15(10-13-23)18(24)14-5-7-16(21)8-6-14/h5-8,15,17-18,24H,2-4,9-13,22H2,1H3. The van der Waals surface area contributed by atoms with Crippen molar-refractivity contribution in [1.29, 1.82) is 0 Å². The number of nitrogens with zero attached hydrogens (tertiary/aromatic N) is 1. The van der Waals surface area contributed by atoms with Crippen LogP contribution in [0.3, 0.4) is 0 Å². The Bertz CT molecular complexity index is 594. The van der Waals surface area contributed by atoms with E-state index in [1.807, 2.05) is 11.8 Å². The molecule has 5 heteroatoms. The quantitative estimate of drug-likeness (QED) is 0.882. The number of hydrogen-bond donors (Lipinski definition) is 2. The first-order valence-corrected chi connectivity index (χ1v) is 9.40. The molecule has 3 unspecified atom stereocenters.